The third kappa shape index (κ3) is 5.13. The van der Waals surface area contributed by atoms with Gasteiger partial charge in [0.1, 0.15) is 0 Å². The molecule has 3 nitrogen and oxygen atoms in total. The van der Waals surface area contributed by atoms with E-state index in [2.05, 4.69) is 55.7 Å². The molecule has 0 unspecified atom stereocenters. The number of hydrogen-bond donors (Lipinski definition) is 1. The molecule has 130 valence electrons. The molecule has 1 fully saturated rings. The Labute approximate surface area is 142 Å². The molecule has 0 spiro atoms. The van der Waals surface area contributed by atoms with Gasteiger partial charge in [-0.25, -0.2) is 0 Å². The Hall–Kier alpha value is -1.22. The molecule has 3 heteroatoms. The molecule has 23 heavy (non-hydrogen) atoms. The number of piperidine rings is 1. The van der Waals surface area contributed by atoms with Crippen molar-refractivity contribution in [1.29, 1.82) is 0 Å². The zero-order valence-electron chi connectivity index (χ0n) is 15.6. The first-order valence-electron chi connectivity index (χ1n) is 9.30. The first-order chi connectivity index (χ1) is 10.9. The highest BCUT2D eigenvalue weighted by Gasteiger charge is 2.19. The summed E-state index contributed by atoms with van der Waals surface area (Å²) in [6.07, 6.45) is 6.24. The van der Waals surface area contributed by atoms with Crippen LogP contribution in [0.4, 0.5) is 11.4 Å². The summed E-state index contributed by atoms with van der Waals surface area (Å²) >= 11 is 0. The van der Waals surface area contributed by atoms with Crippen LogP contribution in [0.3, 0.4) is 0 Å². The van der Waals surface area contributed by atoms with Crippen LogP contribution in [-0.2, 0) is 6.42 Å². The molecule has 2 N–H and O–H groups in total. The van der Waals surface area contributed by atoms with Crippen LogP contribution in [-0.4, -0.2) is 36.6 Å². The second kappa shape index (κ2) is 8.05. The fraction of sp³-hybridized carbons (Fsp3) is 0.700. The van der Waals surface area contributed by atoms with E-state index in [-0.39, 0.29) is 5.54 Å². The molecule has 1 heterocycles. The van der Waals surface area contributed by atoms with Crippen molar-refractivity contribution in [3.63, 3.8) is 0 Å². The second-order valence-electron chi connectivity index (χ2n) is 7.79. The monoisotopic (exact) mass is 317 g/mol. The molecule has 1 aliphatic heterocycles. The van der Waals surface area contributed by atoms with Gasteiger partial charge in [0.05, 0.1) is 11.4 Å². The average molecular weight is 318 g/mol. The van der Waals surface area contributed by atoms with Crippen LogP contribution in [0, 0.1) is 0 Å². The van der Waals surface area contributed by atoms with Gasteiger partial charge in [-0.05, 0) is 83.7 Å². The van der Waals surface area contributed by atoms with Crippen LogP contribution in [0.5, 0.6) is 0 Å². The SMILES string of the molecule is CCN(CCCc1ccc(N2CCCCC2)c(N)c1)C(C)(C)C. The molecule has 0 aromatic heterocycles. The Balaban J connectivity index is 1.90. The van der Waals surface area contributed by atoms with Crippen LogP contribution in [0.2, 0.25) is 0 Å². The molecule has 2 rings (SSSR count). The lowest BCUT2D eigenvalue weighted by Gasteiger charge is -2.34. The largest absolute Gasteiger partial charge is 0.397 e. The van der Waals surface area contributed by atoms with Gasteiger partial charge in [-0.1, -0.05) is 13.0 Å². The predicted molar refractivity (Wildman–Crippen MR) is 102 cm³/mol. The van der Waals surface area contributed by atoms with E-state index >= 15 is 0 Å². The maximum absolute atomic E-state index is 6.33. The molecule has 0 bridgehead atoms. The number of hydrogen-bond acceptors (Lipinski definition) is 3. The van der Waals surface area contributed by atoms with E-state index in [0.29, 0.717) is 0 Å². The van der Waals surface area contributed by atoms with Crippen LogP contribution in [0.1, 0.15) is 58.9 Å². The van der Waals surface area contributed by atoms with Crippen LogP contribution in [0.15, 0.2) is 18.2 Å². The molecule has 0 aliphatic carbocycles. The minimum absolute atomic E-state index is 0.256. The second-order valence-corrected chi connectivity index (χ2v) is 7.79. The maximum atomic E-state index is 6.33. The summed E-state index contributed by atoms with van der Waals surface area (Å²) in [4.78, 5) is 4.99. The van der Waals surface area contributed by atoms with Gasteiger partial charge >= 0.3 is 0 Å². The van der Waals surface area contributed by atoms with E-state index in [4.69, 9.17) is 5.73 Å². The van der Waals surface area contributed by atoms with Gasteiger partial charge in [0.15, 0.2) is 0 Å². The summed E-state index contributed by atoms with van der Waals surface area (Å²) in [5, 5.41) is 0. The molecule has 1 aromatic carbocycles. The number of aryl methyl sites for hydroxylation is 1. The third-order valence-corrected chi connectivity index (χ3v) is 5.01. The Bertz CT molecular complexity index is 484. The van der Waals surface area contributed by atoms with Gasteiger partial charge in [0, 0.05) is 18.6 Å². The minimum Gasteiger partial charge on any atom is -0.397 e. The van der Waals surface area contributed by atoms with E-state index in [1.165, 1.54) is 36.9 Å². The number of rotatable bonds is 6. The highest BCUT2D eigenvalue weighted by molar-refractivity contribution is 5.68. The van der Waals surface area contributed by atoms with Gasteiger partial charge in [0.2, 0.25) is 0 Å². The van der Waals surface area contributed by atoms with E-state index in [1.807, 2.05) is 0 Å². The Morgan fingerprint density at radius 1 is 1.13 bits per heavy atom. The van der Waals surface area contributed by atoms with Crippen molar-refractivity contribution >= 4 is 11.4 Å². The smallest absolute Gasteiger partial charge is 0.0600 e. The normalized spacial score (nSPS) is 16.1. The first kappa shape index (κ1) is 18.1. The fourth-order valence-electron chi connectivity index (χ4n) is 3.62. The van der Waals surface area contributed by atoms with Crippen molar-refractivity contribution in [3.05, 3.63) is 23.8 Å². The number of nitrogens with zero attached hydrogens (tertiary/aromatic N) is 2. The van der Waals surface area contributed by atoms with Gasteiger partial charge < -0.3 is 10.6 Å². The van der Waals surface area contributed by atoms with Gasteiger partial charge in [-0.15, -0.1) is 0 Å². The van der Waals surface area contributed by atoms with Crippen molar-refractivity contribution in [3.8, 4) is 0 Å². The van der Waals surface area contributed by atoms with Crippen molar-refractivity contribution in [1.82, 2.24) is 4.90 Å². The summed E-state index contributed by atoms with van der Waals surface area (Å²) in [5.41, 5.74) is 10.1. The quantitative estimate of drug-likeness (QED) is 0.793. The van der Waals surface area contributed by atoms with E-state index in [0.717, 1.165) is 38.3 Å². The molecular formula is C20H35N3. The van der Waals surface area contributed by atoms with Crippen molar-refractivity contribution in [2.75, 3.05) is 36.8 Å². The average Bonchev–Trinajstić information content (AvgIpc) is 2.51. The topological polar surface area (TPSA) is 32.5 Å². The number of benzene rings is 1. The van der Waals surface area contributed by atoms with Crippen LogP contribution < -0.4 is 10.6 Å². The van der Waals surface area contributed by atoms with E-state index < -0.39 is 0 Å². The Morgan fingerprint density at radius 3 is 2.39 bits per heavy atom. The first-order valence-corrected chi connectivity index (χ1v) is 9.30. The molecule has 1 aromatic rings. The lowest BCUT2D eigenvalue weighted by molar-refractivity contribution is 0.143. The predicted octanol–water partition coefficient (Wildman–Crippen LogP) is 4.31. The van der Waals surface area contributed by atoms with Crippen LogP contribution >= 0.6 is 0 Å². The van der Waals surface area contributed by atoms with Crippen molar-refractivity contribution < 1.29 is 0 Å². The summed E-state index contributed by atoms with van der Waals surface area (Å²) in [7, 11) is 0. The maximum Gasteiger partial charge on any atom is 0.0600 e. The van der Waals surface area contributed by atoms with Crippen molar-refractivity contribution in [2.24, 2.45) is 0 Å². The molecule has 0 atom stereocenters. The lowest BCUT2D eigenvalue weighted by Crippen LogP contribution is -2.41. The summed E-state index contributed by atoms with van der Waals surface area (Å²) in [5.74, 6) is 0. The Kier molecular flexibility index (Phi) is 6.34. The Morgan fingerprint density at radius 2 is 1.83 bits per heavy atom. The minimum atomic E-state index is 0.256. The number of anilines is 2. The molecule has 1 aliphatic rings. The van der Waals surface area contributed by atoms with Gasteiger partial charge in [-0.3, -0.25) is 4.90 Å². The fourth-order valence-corrected chi connectivity index (χ4v) is 3.62. The number of nitrogen functional groups attached to an aromatic ring is 1. The zero-order chi connectivity index (χ0) is 16.9. The molecular weight excluding hydrogens is 282 g/mol. The molecule has 0 saturated carbocycles. The van der Waals surface area contributed by atoms with E-state index in [9.17, 15) is 0 Å². The summed E-state index contributed by atoms with van der Waals surface area (Å²) < 4.78 is 0. The van der Waals surface area contributed by atoms with Crippen LogP contribution in [0.25, 0.3) is 0 Å². The lowest BCUT2D eigenvalue weighted by atomic mass is 10.0. The highest BCUT2D eigenvalue weighted by Crippen LogP contribution is 2.27. The standard InChI is InChI=1S/C20H35N3/c1-5-23(20(2,3)4)15-9-10-17-11-12-19(18(21)16-17)22-13-7-6-8-14-22/h11-12,16H,5-10,13-15,21H2,1-4H3. The number of nitrogens with two attached hydrogens (primary N) is 1. The third-order valence-electron chi connectivity index (χ3n) is 5.01. The molecule has 0 radical (unpaired) electrons. The van der Waals surface area contributed by atoms with Gasteiger partial charge in [-0.2, -0.15) is 0 Å². The molecule has 0 amide bonds. The zero-order valence-corrected chi connectivity index (χ0v) is 15.6. The summed E-state index contributed by atoms with van der Waals surface area (Å²) in [6, 6.07) is 6.70. The highest BCUT2D eigenvalue weighted by atomic mass is 15.2. The van der Waals surface area contributed by atoms with Crippen molar-refractivity contribution in [2.45, 2.75) is 65.3 Å². The van der Waals surface area contributed by atoms with E-state index in [1.54, 1.807) is 0 Å². The van der Waals surface area contributed by atoms with Gasteiger partial charge in [0.25, 0.3) is 0 Å². The summed E-state index contributed by atoms with van der Waals surface area (Å²) in [6.45, 7) is 13.7. The molecule has 1 saturated heterocycles.